The predicted molar refractivity (Wildman–Crippen MR) is 57.4 cm³/mol. The highest BCUT2D eigenvalue weighted by atomic mass is 79.9. The van der Waals surface area contributed by atoms with Crippen LogP contribution in [-0.4, -0.2) is 14.5 Å². The van der Waals surface area contributed by atoms with Gasteiger partial charge in [-0.2, -0.15) is 0 Å². The van der Waals surface area contributed by atoms with Crippen LogP contribution in [0.2, 0.25) is 0 Å². The molecule has 0 atom stereocenters. The van der Waals surface area contributed by atoms with E-state index in [1.54, 1.807) is 0 Å². The molecule has 1 aliphatic carbocycles. The van der Waals surface area contributed by atoms with E-state index in [9.17, 15) is 17.2 Å². The van der Waals surface area contributed by atoms with Crippen molar-refractivity contribution in [1.29, 1.82) is 0 Å². The number of hydrogen-bond donors (Lipinski definition) is 1. The molecule has 7 heteroatoms. The zero-order valence-corrected chi connectivity index (χ0v) is 10.4. The highest BCUT2D eigenvalue weighted by Gasteiger charge is 2.29. The third-order valence-electron chi connectivity index (χ3n) is 2.16. The van der Waals surface area contributed by atoms with Crippen LogP contribution in [0.25, 0.3) is 0 Å². The summed E-state index contributed by atoms with van der Waals surface area (Å²) in [5, 5.41) is 0. The minimum atomic E-state index is -3.77. The fourth-order valence-corrected chi connectivity index (χ4v) is 3.52. The second-order valence-corrected chi connectivity index (χ2v) is 6.13. The Kier molecular flexibility index (Phi) is 3.02. The Hall–Kier alpha value is -0.530. The van der Waals surface area contributed by atoms with Gasteiger partial charge in [-0.25, -0.2) is 21.9 Å². The van der Waals surface area contributed by atoms with Crippen LogP contribution in [0.5, 0.6) is 0 Å². The lowest BCUT2D eigenvalue weighted by Gasteiger charge is -2.07. The standard InChI is InChI=1S/C9H8BrF2NO2S/c10-6-3-7(11)8(12)4-9(6)16(14,15)13-5-1-2-5/h3-5,13H,1-2H2. The summed E-state index contributed by atoms with van der Waals surface area (Å²) in [7, 11) is -3.77. The number of rotatable bonds is 3. The first-order valence-corrected chi connectivity index (χ1v) is 6.84. The van der Waals surface area contributed by atoms with E-state index in [0.29, 0.717) is 6.07 Å². The minimum absolute atomic E-state index is 0.0135. The van der Waals surface area contributed by atoms with Crippen molar-refractivity contribution in [1.82, 2.24) is 4.72 Å². The minimum Gasteiger partial charge on any atom is -0.208 e. The van der Waals surface area contributed by atoms with E-state index in [0.717, 1.165) is 18.9 Å². The quantitative estimate of drug-likeness (QED) is 0.870. The van der Waals surface area contributed by atoms with Crippen LogP contribution in [0, 0.1) is 11.6 Å². The van der Waals surface area contributed by atoms with Gasteiger partial charge in [-0.1, -0.05) is 0 Å². The van der Waals surface area contributed by atoms with E-state index < -0.39 is 21.7 Å². The van der Waals surface area contributed by atoms with E-state index in [2.05, 4.69) is 20.7 Å². The maximum absolute atomic E-state index is 13.0. The maximum atomic E-state index is 13.0. The van der Waals surface area contributed by atoms with Gasteiger partial charge in [-0.15, -0.1) is 0 Å². The molecule has 0 saturated heterocycles. The third kappa shape index (κ3) is 2.41. The second-order valence-electron chi connectivity index (χ2n) is 3.59. The summed E-state index contributed by atoms with van der Waals surface area (Å²) in [5.74, 6) is -2.27. The Labute approximate surface area is 100 Å². The zero-order valence-electron chi connectivity index (χ0n) is 8.00. The first-order chi connectivity index (χ1) is 7.40. The van der Waals surface area contributed by atoms with E-state index in [1.807, 2.05) is 0 Å². The van der Waals surface area contributed by atoms with Crippen molar-refractivity contribution in [3.8, 4) is 0 Å². The van der Waals surface area contributed by atoms with Crippen LogP contribution < -0.4 is 4.72 Å². The molecular formula is C9H8BrF2NO2S. The summed E-state index contributed by atoms with van der Waals surface area (Å²) in [4.78, 5) is -0.279. The summed E-state index contributed by atoms with van der Waals surface area (Å²) in [6.45, 7) is 0. The third-order valence-corrected chi connectivity index (χ3v) is 4.64. The summed E-state index contributed by atoms with van der Waals surface area (Å²) >= 11 is 2.90. The topological polar surface area (TPSA) is 46.2 Å². The van der Waals surface area contributed by atoms with Crippen molar-refractivity contribution in [2.24, 2.45) is 0 Å². The first-order valence-electron chi connectivity index (χ1n) is 4.57. The monoisotopic (exact) mass is 311 g/mol. The average molecular weight is 312 g/mol. The summed E-state index contributed by atoms with van der Waals surface area (Å²) < 4.78 is 51.6. The molecule has 2 rings (SSSR count). The van der Waals surface area contributed by atoms with Gasteiger partial charge in [-0.3, -0.25) is 0 Å². The van der Waals surface area contributed by atoms with Gasteiger partial charge in [0.1, 0.15) is 0 Å². The highest BCUT2D eigenvalue weighted by molar-refractivity contribution is 9.10. The molecule has 0 unspecified atom stereocenters. The molecule has 3 nitrogen and oxygen atoms in total. The molecule has 0 heterocycles. The Morgan fingerprint density at radius 3 is 2.38 bits per heavy atom. The zero-order chi connectivity index (χ0) is 11.9. The van der Waals surface area contributed by atoms with Crippen molar-refractivity contribution >= 4 is 26.0 Å². The second kappa shape index (κ2) is 4.05. The van der Waals surface area contributed by atoms with Crippen molar-refractivity contribution in [2.45, 2.75) is 23.8 Å². The normalized spacial score (nSPS) is 16.4. The van der Waals surface area contributed by atoms with Crippen LogP contribution in [0.1, 0.15) is 12.8 Å². The fourth-order valence-electron chi connectivity index (χ4n) is 1.19. The van der Waals surface area contributed by atoms with E-state index >= 15 is 0 Å². The van der Waals surface area contributed by atoms with Crippen LogP contribution in [-0.2, 0) is 10.0 Å². The summed E-state index contributed by atoms with van der Waals surface area (Å²) in [6, 6.07) is 1.39. The van der Waals surface area contributed by atoms with Crippen molar-refractivity contribution in [3.05, 3.63) is 28.2 Å². The van der Waals surface area contributed by atoms with Gasteiger partial charge < -0.3 is 0 Å². The van der Waals surface area contributed by atoms with Crippen LogP contribution in [0.3, 0.4) is 0 Å². The summed E-state index contributed by atoms with van der Waals surface area (Å²) in [5.41, 5.74) is 0. The number of hydrogen-bond acceptors (Lipinski definition) is 2. The Balaban J connectivity index is 2.42. The van der Waals surface area contributed by atoms with E-state index in [4.69, 9.17) is 0 Å². The Bertz CT molecular complexity index is 529. The highest BCUT2D eigenvalue weighted by Crippen LogP contribution is 2.27. The number of benzene rings is 1. The largest absolute Gasteiger partial charge is 0.242 e. The van der Waals surface area contributed by atoms with Crippen LogP contribution >= 0.6 is 15.9 Å². The molecule has 1 saturated carbocycles. The van der Waals surface area contributed by atoms with Gasteiger partial charge in [0.2, 0.25) is 10.0 Å². The molecule has 16 heavy (non-hydrogen) atoms. The predicted octanol–water partition coefficient (Wildman–Crippen LogP) is 2.17. The maximum Gasteiger partial charge on any atom is 0.242 e. The molecule has 0 aliphatic heterocycles. The van der Waals surface area contributed by atoms with Crippen LogP contribution in [0.15, 0.2) is 21.5 Å². The average Bonchev–Trinajstić information content (AvgIpc) is 2.94. The molecule has 1 fully saturated rings. The molecule has 88 valence electrons. The first kappa shape index (κ1) is 11.9. The van der Waals surface area contributed by atoms with Gasteiger partial charge >= 0.3 is 0 Å². The molecule has 0 bridgehead atoms. The Morgan fingerprint density at radius 1 is 1.25 bits per heavy atom. The van der Waals surface area contributed by atoms with Gasteiger partial charge in [0.05, 0.1) is 4.90 Å². The van der Waals surface area contributed by atoms with Crippen LogP contribution in [0.4, 0.5) is 8.78 Å². The lowest BCUT2D eigenvalue weighted by molar-refractivity contribution is 0.503. The van der Waals surface area contributed by atoms with Crippen molar-refractivity contribution < 1.29 is 17.2 Å². The number of halogens is 3. The molecule has 0 radical (unpaired) electrons. The Morgan fingerprint density at radius 2 is 1.81 bits per heavy atom. The molecule has 1 aliphatic rings. The molecule has 0 aromatic heterocycles. The number of sulfonamides is 1. The van der Waals surface area contributed by atoms with E-state index in [1.165, 1.54) is 0 Å². The summed E-state index contributed by atoms with van der Waals surface area (Å²) in [6.07, 6.45) is 1.56. The van der Waals surface area contributed by atoms with Gasteiger partial charge in [0.15, 0.2) is 11.6 Å². The van der Waals surface area contributed by atoms with Gasteiger partial charge in [0, 0.05) is 10.5 Å². The molecule has 0 amide bonds. The molecule has 1 aromatic carbocycles. The van der Waals surface area contributed by atoms with E-state index in [-0.39, 0.29) is 15.4 Å². The lowest BCUT2D eigenvalue weighted by Crippen LogP contribution is -2.26. The smallest absolute Gasteiger partial charge is 0.208 e. The van der Waals surface area contributed by atoms with Gasteiger partial charge in [-0.05, 0) is 40.9 Å². The SMILES string of the molecule is O=S(=O)(NC1CC1)c1cc(F)c(F)cc1Br. The van der Waals surface area contributed by atoms with Crippen molar-refractivity contribution in [3.63, 3.8) is 0 Å². The van der Waals surface area contributed by atoms with Gasteiger partial charge in [0.25, 0.3) is 0 Å². The molecule has 1 aromatic rings. The lowest BCUT2D eigenvalue weighted by atomic mass is 10.3. The molecule has 0 spiro atoms. The molecular weight excluding hydrogens is 304 g/mol. The molecule has 1 N–H and O–H groups in total. The fraction of sp³-hybridized carbons (Fsp3) is 0.333. The van der Waals surface area contributed by atoms with Crippen molar-refractivity contribution in [2.75, 3.05) is 0 Å². The number of nitrogens with one attached hydrogen (secondary N) is 1.